The lowest BCUT2D eigenvalue weighted by molar-refractivity contribution is 0.179. The van der Waals surface area contributed by atoms with E-state index in [0.29, 0.717) is 0 Å². The first-order valence-corrected chi connectivity index (χ1v) is 11.6. The highest BCUT2D eigenvalue weighted by Gasteiger charge is 2.46. The van der Waals surface area contributed by atoms with Crippen LogP contribution < -0.4 is 21.3 Å². The van der Waals surface area contributed by atoms with Gasteiger partial charge in [-0.1, -0.05) is 18.2 Å². The van der Waals surface area contributed by atoms with E-state index in [4.69, 9.17) is 14.8 Å². The average molecular weight is 441 g/mol. The number of hydrogen-bond acceptors (Lipinski definition) is 8. The SMILES string of the molecule is CC(C)(N=NC(C)(C)C1(C)NCCN1)C1(C)NCCN1.O=S(=O)(O)c1ccccc1. The molecule has 10 heteroatoms. The zero-order chi connectivity index (χ0) is 22.7. The minimum atomic E-state index is -4.00. The van der Waals surface area contributed by atoms with E-state index in [9.17, 15) is 8.42 Å². The smallest absolute Gasteiger partial charge is 0.294 e. The molecular formula is C20H36N6O3S. The third kappa shape index (κ3) is 5.63. The van der Waals surface area contributed by atoms with Gasteiger partial charge >= 0.3 is 0 Å². The fraction of sp³-hybridized carbons (Fsp3) is 0.700. The summed E-state index contributed by atoms with van der Waals surface area (Å²) >= 11 is 0. The van der Waals surface area contributed by atoms with Crippen LogP contribution in [-0.2, 0) is 10.1 Å². The summed E-state index contributed by atoms with van der Waals surface area (Å²) in [6.07, 6.45) is 0. The number of hydrogen-bond donors (Lipinski definition) is 5. The van der Waals surface area contributed by atoms with Crippen molar-refractivity contribution in [2.45, 2.75) is 68.8 Å². The zero-order valence-corrected chi connectivity index (χ0v) is 19.6. The second-order valence-electron chi connectivity index (χ2n) is 9.06. The van der Waals surface area contributed by atoms with Gasteiger partial charge in [-0.25, -0.2) is 0 Å². The van der Waals surface area contributed by atoms with Gasteiger partial charge in [0.2, 0.25) is 0 Å². The van der Waals surface area contributed by atoms with Crippen LogP contribution in [0.2, 0.25) is 0 Å². The van der Waals surface area contributed by atoms with Crippen LogP contribution in [-0.4, -0.2) is 61.6 Å². The van der Waals surface area contributed by atoms with Crippen LogP contribution in [0.15, 0.2) is 45.5 Å². The van der Waals surface area contributed by atoms with E-state index in [1.165, 1.54) is 12.1 Å². The fourth-order valence-corrected chi connectivity index (χ4v) is 3.78. The molecule has 3 rings (SSSR count). The molecule has 0 aliphatic carbocycles. The van der Waals surface area contributed by atoms with E-state index < -0.39 is 10.1 Å². The number of rotatable bonds is 5. The van der Waals surface area contributed by atoms with Gasteiger partial charge in [-0.05, 0) is 53.7 Å². The van der Waals surface area contributed by atoms with Crippen LogP contribution in [0.4, 0.5) is 0 Å². The topological polar surface area (TPSA) is 127 Å². The Hall–Kier alpha value is -1.43. The summed E-state index contributed by atoms with van der Waals surface area (Å²) in [6, 6.07) is 7.42. The van der Waals surface area contributed by atoms with E-state index in [-0.39, 0.29) is 27.3 Å². The Morgan fingerprint density at radius 3 is 1.40 bits per heavy atom. The van der Waals surface area contributed by atoms with Crippen molar-refractivity contribution >= 4 is 10.1 Å². The maximum Gasteiger partial charge on any atom is 0.294 e. The van der Waals surface area contributed by atoms with E-state index in [1.807, 2.05) is 0 Å². The van der Waals surface area contributed by atoms with Gasteiger partial charge in [-0.15, -0.1) is 0 Å². The molecule has 9 nitrogen and oxygen atoms in total. The number of azo groups is 1. The summed E-state index contributed by atoms with van der Waals surface area (Å²) in [5.41, 5.74) is -1.03. The summed E-state index contributed by atoms with van der Waals surface area (Å²) in [4.78, 5) is -0.0741. The lowest BCUT2D eigenvalue weighted by Gasteiger charge is -2.41. The molecule has 0 bridgehead atoms. The summed E-state index contributed by atoms with van der Waals surface area (Å²) in [7, 11) is -4.00. The van der Waals surface area contributed by atoms with Crippen LogP contribution in [0.3, 0.4) is 0 Å². The molecule has 0 saturated carbocycles. The minimum absolute atomic E-state index is 0.0741. The molecule has 1 aromatic rings. The first kappa shape index (κ1) is 24.8. The van der Waals surface area contributed by atoms with Crippen molar-refractivity contribution in [3.8, 4) is 0 Å². The van der Waals surface area contributed by atoms with Crippen molar-refractivity contribution in [3.63, 3.8) is 0 Å². The molecule has 2 aliphatic rings. The van der Waals surface area contributed by atoms with E-state index in [0.717, 1.165) is 26.2 Å². The van der Waals surface area contributed by atoms with Gasteiger partial charge in [0.25, 0.3) is 10.1 Å². The molecule has 0 unspecified atom stereocenters. The molecule has 1 aromatic carbocycles. The van der Waals surface area contributed by atoms with Gasteiger partial charge in [-0.2, -0.15) is 18.6 Å². The summed E-state index contributed by atoms with van der Waals surface area (Å²) < 4.78 is 29.2. The molecule has 0 aromatic heterocycles. The molecular weight excluding hydrogens is 404 g/mol. The predicted octanol–water partition coefficient (Wildman–Crippen LogP) is 1.75. The molecule has 5 N–H and O–H groups in total. The maximum absolute atomic E-state index is 10.4. The first-order chi connectivity index (χ1) is 13.7. The van der Waals surface area contributed by atoms with Crippen molar-refractivity contribution in [2.24, 2.45) is 10.2 Å². The number of nitrogens with one attached hydrogen (secondary N) is 4. The van der Waals surface area contributed by atoms with Crippen molar-refractivity contribution in [2.75, 3.05) is 26.2 Å². The van der Waals surface area contributed by atoms with E-state index >= 15 is 0 Å². The molecule has 0 amide bonds. The predicted molar refractivity (Wildman–Crippen MR) is 118 cm³/mol. The van der Waals surface area contributed by atoms with Crippen molar-refractivity contribution < 1.29 is 13.0 Å². The minimum Gasteiger partial charge on any atom is -0.296 e. The normalized spacial score (nSPS) is 21.4. The number of benzene rings is 1. The van der Waals surface area contributed by atoms with Gasteiger partial charge in [0.1, 0.15) is 11.1 Å². The second kappa shape index (κ2) is 8.97. The average Bonchev–Trinajstić information content (AvgIpc) is 3.32. The lowest BCUT2D eigenvalue weighted by atomic mass is 9.89. The lowest BCUT2D eigenvalue weighted by Crippen LogP contribution is -2.62. The molecule has 0 atom stereocenters. The Morgan fingerprint density at radius 2 is 1.13 bits per heavy atom. The van der Waals surface area contributed by atoms with Crippen molar-refractivity contribution in [3.05, 3.63) is 30.3 Å². The zero-order valence-electron chi connectivity index (χ0n) is 18.8. The monoisotopic (exact) mass is 440 g/mol. The Bertz CT molecular complexity index is 791. The van der Waals surface area contributed by atoms with Gasteiger partial charge in [-0.3, -0.25) is 25.8 Å². The maximum atomic E-state index is 10.4. The molecule has 170 valence electrons. The molecule has 2 aliphatic heterocycles. The molecule has 0 radical (unpaired) electrons. The highest BCUT2D eigenvalue weighted by molar-refractivity contribution is 7.85. The molecule has 30 heavy (non-hydrogen) atoms. The second-order valence-corrected chi connectivity index (χ2v) is 10.5. The van der Waals surface area contributed by atoms with Crippen LogP contribution in [0.1, 0.15) is 41.5 Å². The van der Waals surface area contributed by atoms with Crippen LogP contribution in [0.25, 0.3) is 0 Å². The van der Waals surface area contributed by atoms with Gasteiger partial charge in [0.05, 0.1) is 16.2 Å². The molecule has 0 spiro atoms. The van der Waals surface area contributed by atoms with Crippen LogP contribution >= 0.6 is 0 Å². The van der Waals surface area contributed by atoms with Gasteiger partial charge in [0, 0.05) is 26.2 Å². The molecule has 2 saturated heterocycles. The van der Waals surface area contributed by atoms with Crippen LogP contribution in [0.5, 0.6) is 0 Å². The largest absolute Gasteiger partial charge is 0.296 e. The van der Waals surface area contributed by atoms with Crippen LogP contribution in [0, 0.1) is 0 Å². The summed E-state index contributed by atoms with van der Waals surface area (Å²) in [5.74, 6) is 0. The van der Waals surface area contributed by atoms with Crippen molar-refractivity contribution in [1.82, 2.24) is 21.3 Å². The van der Waals surface area contributed by atoms with Gasteiger partial charge in [0.15, 0.2) is 0 Å². The third-order valence-corrected chi connectivity index (χ3v) is 7.07. The van der Waals surface area contributed by atoms with Crippen molar-refractivity contribution in [1.29, 1.82) is 0 Å². The van der Waals surface area contributed by atoms with E-state index in [1.54, 1.807) is 18.2 Å². The van der Waals surface area contributed by atoms with E-state index in [2.05, 4.69) is 62.8 Å². The molecule has 2 heterocycles. The molecule has 2 fully saturated rings. The Labute approximate surface area is 180 Å². The summed E-state index contributed by atoms with van der Waals surface area (Å²) in [6.45, 7) is 16.7. The summed E-state index contributed by atoms with van der Waals surface area (Å²) in [5, 5.41) is 23.4. The standard InChI is InChI=1S/C14H30N6.C6H6O3S/c1-11(2,13(5)15-7-8-16-13)19-20-12(3,4)14(6)17-9-10-18-14;7-10(8,9)6-4-2-1-3-5-6/h15-18H,7-10H2,1-6H3;1-5H,(H,7,8,9). The quantitative estimate of drug-likeness (QED) is 0.349. The fourth-order valence-electron chi connectivity index (χ4n) is 3.28. The Morgan fingerprint density at radius 1 is 0.800 bits per heavy atom. The first-order valence-electron chi connectivity index (χ1n) is 10.2. The third-order valence-electron chi connectivity index (χ3n) is 6.20. The highest BCUT2D eigenvalue weighted by Crippen LogP contribution is 2.31. The Kier molecular flexibility index (Phi) is 7.43. The number of nitrogens with zero attached hydrogens (tertiary/aromatic N) is 2. The Balaban J connectivity index is 0.000000269. The van der Waals surface area contributed by atoms with Gasteiger partial charge < -0.3 is 0 Å². The highest BCUT2D eigenvalue weighted by atomic mass is 32.2.